The van der Waals surface area contributed by atoms with Gasteiger partial charge in [0.05, 0.1) is 0 Å². The zero-order valence-corrected chi connectivity index (χ0v) is 10.1. The van der Waals surface area contributed by atoms with Gasteiger partial charge in [0.15, 0.2) is 0 Å². The molecule has 2 heteroatoms. The molecule has 78 valence electrons. The summed E-state index contributed by atoms with van der Waals surface area (Å²) in [5, 5.41) is 0. The molecular formula is C13H18BN. The number of allylic oxidation sites excluding steroid dienone is 2. The molecule has 1 aromatic rings. The van der Waals surface area contributed by atoms with Crippen LogP contribution in [-0.2, 0) is 0 Å². The standard InChI is InChI=1S/C13H18BN/c1-6-9(2)10(3)7-13-11(4)12(5)14-8-15-13/h7-8H,2,6H2,1,3-5H3/b10-7-. The van der Waals surface area contributed by atoms with E-state index in [-0.39, 0.29) is 0 Å². The van der Waals surface area contributed by atoms with Crippen molar-refractivity contribution in [2.75, 3.05) is 0 Å². The average molecular weight is 199 g/mol. The summed E-state index contributed by atoms with van der Waals surface area (Å²) in [7, 11) is 0. The van der Waals surface area contributed by atoms with Crippen molar-refractivity contribution in [3.8, 4) is 0 Å². The minimum atomic E-state index is 0.993. The maximum atomic E-state index is 4.38. The summed E-state index contributed by atoms with van der Waals surface area (Å²) in [6.45, 7) is 14.5. The molecule has 0 aliphatic carbocycles. The van der Waals surface area contributed by atoms with E-state index in [1.165, 1.54) is 22.2 Å². The van der Waals surface area contributed by atoms with Crippen LogP contribution in [0.3, 0.4) is 0 Å². The maximum absolute atomic E-state index is 4.38. The van der Waals surface area contributed by atoms with Crippen LogP contribution in [0.15, 0.2) is 23.8 Å². The molecule has 0 radical (unpaired) electrons. The molecule has 0 fully saturated rings. The Bertz CT molecular complexity index is 405. The number of aryl methyl sites for hydroxylation is 1. The van der Waals surface area contributed by atoms with Gasteiger partial charge in [0.25, 0.3) is 0 Å². The molecule has 1 rings (SSSR count). The van der Waals surface area contributed by atoms with Crippen molar-refractivity contribution < 1.29 is 0 Å². The Labute approximate surface area is 93.2 Å². The third kappa shape index (κ3) is 2.88. The van der Waals surface area contributed by atoms with Gasteiger partial charge in [0.1, 0.15) is 0 Å². The van der Waals surface area contributed by atoms with E-state index in [1.807, 2.05) is 13.0 Å². The number of rotatable bonds is 3. The van der Waals surface area contributed by atoms with E-state index in [2.05, 4.69) is 45.3 Å². The Kier molecular flexibility index (Phi) is 4.01. The van der Waals surface area contributed by atoms with Crippen molar-refractivity contribution in [1.82, 2.24) is 4.98 Å². The van der Waals surface area contributed by atoms with E-state index in [1.54, 1.807) is 0 Å². The number of hydrogen-bond donors (Lipinski definition) is 0. The molecule has 0 saturated heterocycles. The molecule has 0 aromatic carbocycles. The number of aromatic nitrogens is 1. The summed E-state index contributed by atoms with van der Waals surface area (Å²) in [5.74, 6) is 0. The molecule has 0 amide bonds. The fourth-order valence-corrected chi connectivity index (χ4v) is 1.38. The van der Waals surface area contributed by atoms with Gasteiger partial charge in [0, 0.05) is 0 Å². The quantitative estimate of drug-likeness (QED) is 0.679. The van der Waals surface area contributed by atoms with Gasteiger partial charge in [0.2, 0.25) is 0 Å². The SMILES string of the molecule is C=C(CC)/C(C)=C\c1ncbc(C)c1C. The summed E-state index contributed by atoms with van der Waals surface area (Å²) in [6.07, 6.45) is 4.97. The molecule has 0 N–H and O–H groups in total. The Morgan fingerprint density at radius 3 is 2.80 bits per heavy atom. The molecule has 0 aliphatic rings. The van der Waals surface area contributed by atoms with Crippen LogP contribution < -0.4 is 0 Å². The Balaban J connectivity index is 3.08. The second-order valence-electron chi connectivity index (χ2n) is 3.92. The van der Waals surface area contributed by atoms with Crippen LogP contribution in [0.5, 0.6) is 0 Å². The van der Waals surface area contributed by atoms with Gasteiger partial charge in [-0.25, -0.2) is 0 Å². The molecule has 15 heavy (non-hydrogen) atoms. The molecular weight excluding hydrogens is 181 g/mol. The predicted molar refractivity (Wildman–Crippen MR) is 68.1 cm³/mol. The molecule has 0 saturated carbocycles. The van der Waals surface area contributed by atoms with Gasteiger partial charge in [-0.15, -0.1) is 0 Å². The van der Waals surface area contributed by atoms with E-state index in [9.17, 15) is 0 Å². The van der Waals surface area contributed by atoms with Gasteiger partial charge in [-0.1, -0.05) is 0 Å². The first-order chi connectivity index (χ1) is 7.06. The van der Waals surface area contributed by atoms with E-state index < -0.39 is 0 Å². The first-order valence-corrected chi connectivity index (χ1v) is 5.35. The van der Waals surface area contributed by atoms with Gasteiger partial charge >= 0.3 is 92.6 Å². The van der Waals surface area contributed by atoms with Crippen molar-refractivity contribution in [2.45, 2.75) is 34.1 Å². The molecule has 0 bridgehead atoms. The van der Waals surface area contributed by atoms with Gasteiger partial charge < -0.3 is 0 Å². The van der Waals surface area contributed by atoms with Crippen LogP contribution >= 0.6 is 0 Å². The Hall–Kier alpha value is -1.18. The van der Waals surface area contributed by atoms with Crippen molar-refractivity contribution in [1.29, 1.82) is 0 Å². The Morgan fingerprint density at radius 2 is 2.20 bits per heavy atom. The van der Waals surface area contributed by atoms with Crippen LogP contribution in [0, 0.1) is 13.8 Å². The molecule has 0 aliphatic heterocycles. The normalized spacial score (nSPS) is 11.3. The van der Waals surface area contributed by atoms with E-state index in [0.717, 1.165) is 12.1 Å². The zero-order chi connectivity index (χ0) is 11.4. The van der Waals surface area contributed by atoms with Crippen molar-refractivity contribution in [3.63, 3.8) is 0 Å². The van der Waals surface area contributed by atoms with Crippen LogP contribution in [0.25, 0.3) is 6.08 Å². The third-order valence-corrected chi connectivity index (χ3v) is 2.85. The fraction of sp³-hybridized carbons (Fsp3) is 0.385. The second kappa shape index (κ2) is 5.06. The topological polar surface area (TPSA) is 12.9 Å². The van der Waals surface area contributed by atoms with Crippen LogP contribution in [0.2, 0.25) is 0 Å². The second-order valence-corrected chi connectivity index (χ2v) is 3.92. The first-order valence-electron chi connectivity index (χ1n) is 5.35. The van der Waals surface area contributed by atoms with Crippen LogP contribution in [0.1, 0.15) is 37.0 Å². The summed E-state index contributed by atoms with van der Waals surface area (Å²) >= 11 is 0. The zero-order valence-electron chi connectivity index (χ0n) is 10.1. The van der Waals surface area contributed by atoms with Crippen molar-refractivity contribution in [2.24, 2.45) is 0 Å². The molecule has 1 aromatic heterocycles. The van der Waals surface area contributed by atoms with Gasteiger partial charge in [-0.05, 0) is 0 Å². The van der Waals surface area contributed by atoms with Crippen LogP contribution in [0.4, 0.5) is 0 Å². The molecule has 1 heterocycles. The van der Waals surface area contributed by atoms with E-state index in [0.29, 0.717) is 0 Å². The minimum absolute atomic E-state index is 0.993. The summed E-state index contributed by atoms with van der Waals surface area (Å²) in [6, 6.07) is 0. The number of hydrogen-bond acceptors (Lipinski definition) is 1. The predicted octanol–water partition coefficient (Wildman–Crippen LogP) is 3.41. The fourth-order valence-electron chi connectivity index (χ4n) is 1.38. The molecule has 1 nitrogen and oxygen atoms in total. The first kappa shape index (κ1) is 11.9. The summed E-state index contributed by atoms with van der Waals surface area (Å²) in [5.41, 5.74) is 5.99. The summed E-state index contributed by atoms with van der Waals surface area (Å²) < 4.78 is 0. The molecule has 0 unspecified atom stereocenters. The molecule has 0 spiro atoms. The van der Waals surface area contributed by atoms with Gasteiger partial charge in [-0.2, -0.15) is 0 Å². The number of nitrogens with zero attached hydrogens (tertiary/aromatic N) is 1. The van der Waals surface area contributed by atoms with E-state index >= 15 is 0 Å². The van der Waals surface area contributed by atoms with Crippen molar-refractivity contribution in [3.05, 3.63) is 40.5 Å². The van der Waals surface area contributed by atoms with Crippen molar-refractivity contribution >= 4 is 13.0 Å². The monoisotopic (exact) mass is 199 g/mol. The average Bonchev–Trinajstić information content (AvgIpc) is 2.23. The van der Waals surface area contributed by atoms with E-state index in [4.69, 9.17) is 0 Å². The summed E-state index contributed by atoms with van der Waals surface area (Å²) in [4.78, 5) is 4.38. The van der Waals surface area contributed by atoms with Crippen LogP contribution in [-0.4, -0.2) is 11.9 Å². The van der Waals surface area contributed by atoms with Gasteiger partial charge in [-0.3, -0.25) is 0 Å². The molecule has 0 atom stereocenters. The Morgan fingerprint density at radius 1 is 1.53 bits per heavy atom. The third-order valence-electron chi connectivity index (χ3n) is 2.85.